The van der Waals surface area contributed by atoms with Crippen LogP contribution in [0.3, 0.4) is 0 Å². The number of carbonyl (C=O) groups excluding carboxylic acids is 1. The predicted molar refractivity (Wildman–Crippen MR) is 99.4 cm³/mol. The van der Waals surface area contributed by atoms with Gasteiger partial charge in [-0.2, -0.15) is 0 Å². The lowest BCUT2D eigenvalue weighted by atomic mass is 10.0. The highest BCUT2D eigenvalue weighted by Gasteiger charge is 2.18. The predicted octanol–water partition coefficient (Wildman–Crippen LogP) is 3.34. The molecule has 3 rings (SSSR count). The maximum absolute atomic E-state index is 12.7. The monoisotopic (exact) mass is 355 g/mol. The lowest BCUT2D eigenvalue weighted by molar-refractivity contribution is 0.103. The molecule has 0 bridgehead atoms. The van der Waals surface area contributed by atoms with E-state index < -0.39 is 0 Å². The summed E-state index contributed by atoms with van der Waals surface area (Å²) < 4.78 is 21.7. The van der Waals surface area contributed by atoms with E-state index in [9.17, 15) is 4.79 Å². The van der Waals surface area contributed by atoms with Gasteiger partial charge < -0.3 is 24.7 Å². The van der Waals surface area contributed by atoms with Gasteiger partial charge in [-0.3, -0.25) is 4.79 Å². The van der Waals surface area contributed by atoms with E-state index in [1.807, 2.05) is 12.1 Å². The van der Waals surface area contributed by atoms with Crippen LogP contribution in [0.15, 0.2) is 35.9 Å². The first-order valence-electron chi connectivity index (χ1n) is 8.17. The van der Waals surface area contributed by atoms with Gasteiger partial charge in [0.15, 0.2) is 17.3 Å². The third-order valence-corrected chi connectivity index (χ3v) is 4.08. The van der Waals surface area contributed by atoms with Gasteiger partial charge in [0.25, 0.3) is 0 Å². The molecule has 0 aromatic heterocycles. The highest BCUT2D eigenvalue weighted by molar-refractivity contribution is 6.11. The van der Waals surface area contributed by atoms with Crippen LogP contribution in [-0.2, 0) is 0 Å². The zero-order chi connectivity index (χ0) is 18.7. The minimum Gasteiger partial charge on any atom is -0.495 e. The fraction of sp³-hybridized carbons (Fsp3) is 0.250. The van der Waals surface area contributed by atoms with Crippen LogP contribution in [0.25, 0.3) is 6.08 Å². The van der Waals surface area contributed by atoms with E-state index >= 15 is 0 Å². The Morgan fingerprint density at radius 2 is 1.81 bits per heavy atom. The van der Waals surface area contributed by atoms with Crippen molar-refractivity contribution in [3.63, 3.8) is 0 Å². The summed E-state index contributed by atoms with van der Waals surface area (Å²) in [5.41, 5.74) is 8.17. The van der Waals surface area contributed by atoms with Gasteiger partial charge in [0.2, 0.25) is 5.75 Å². The van der Waals surface area contributed by atoms with Crippen LogP contribution >= 0.6 is 0 Å². The van der Waals surface area contributed by atoms with Crippen LogP contribution < -0.4 is 24.7 Å². The molecule has 2 N–H and O–H groups in total. The van der Waals surface area contributed by atoms with E-state index in [2.05, 4.69) is 0 Å². The van der Waals surface area contributed by atoms with Crippen molar-refractivity contribution in [1.82, 2.24) is 0 Å². The summed E-state index contributed by atoms with van der Waals surface area (Å²) in [5, 5.41) is 0. The maximum atomic E-state index is 12.7. The van der Waals surface area contributed by atoms with Crippen molar-refractivity contribution in [2.75, 3.05) is 33.2 Å². The number of ketones is 1. The van der Waals surface area contributed by atoms with Crippen molar-refractivity contribution in [3.05, 3.63) is 47.0 Å². The molecule has 0 saturated heterocycles. The second-order valence-electron chi connectivity index (χ2n) is 5.86. The Hall–Kier alpha value is -3.15. The first kappa shape index (κ1) is 17.7. The number of carbonyl (C=O) groups is 1. The van der Waals surface area contributed by atoms with Crippen molar-refractivity contribution in [1.29, 1.82) is 0 Å². The maximum Gasteiger partial charge on any atom is 0.203 e. The van der Waals surface area contributed by atoms with Crippen LogP contribution in [0.5, 0.6) is 23.0 Å². The molecule has 0 saturated carbocycles. The molecule has 2 aromatic rings. The molecule has 0 radical (unpaired) electrons. The number of anilines is 1. The number of methoxy groups -OCH3 is 2. The quantitative estimate of drug-likeness (QED) is 0.503. The Kier molecular flexibility index (Phi) is 5.02. The normalized spacial score (nSPS) is 13.3. The smallest absolute Gasteiger partial charge is 0.203 e. The summed E-state index contributed by atoms with van der Waals surface area (Å²) in [6.45, 7) is 2.72. The summed E-state index contributed by atoms with van der Waals surface area (Å²) in [5.74, 6) is 2.19. The van der Waals surface area contributed by atoms with E-state index in [0.717, 1.165) is 5.56 Å². The van der Waals surface area contributed by atoms with Crippen LogP contribution in [0, 0.1) is 0 Å². The first-order valence-corrected chi connectivity index (χ1v) is 8.17. The second-order valence-corrected chi connectivity index (χ2v) is 5.86. The standard InChI is InChI=1S/C20H21NO5/c1-12(19(22)14-4-5-16(23-2)15(21)11-14)8-13-9-17(24-3)20-18(10-13)25-6-7-26-20/h4-5,8-11H,6-7,21H2,1-3H3/b12-8+. The average molecular weight is 355 g/mol. The summed E-state index contributed by atoms with van der Waals surface area (Å²) in [6, 6.07) is 8.63. The highest BCUT2D eigenvalue weighted by atomic mass is 16.6. The number of rotatable bonds is 5. The Morgan fingerprint density at radius 3 is 2.50 bits per heavy atom. The molecular formula is C20H21NO5. The number of hydrogen-bond donors (Lipinski definition) is 1. The number of ether oxygens (including phenoxy) is 4. The van der Waals surface area contributed by atoms with Gasteiger partial charge in [0.1, 0.15) is 19.0 Å². The molecule has 6 nitrogen and oxygen atoms in total. The van der Waals surface area contributed by atoms with Crippen molar-refractivity contribution in [3.8, 4) is 23.0 Å². The summed E-state index contributed by atoms with van der Waals surface area (Å²) in [7, 11) is 3.10. The third kappa shape index (κ3) is 3.44. The molecule has 1 aliphatic rings. The van der Waals surface area contributed by atoms with Gasteiger partial charge in [0, 0.05) is 5.56 Å². The molecule has 0 aliphatic carbocycles. The van der Waals surface area contributed by atoms with Crippen molar-refractivity contribution < 1.29 is 23.7 Å². The molecule has 136 valence electrons. The summed E-state index contributed by atoms with van der Waals surface area (Å²) >= 11 is 0. The largest absolute Gasteiger partial charge is 0.495 e. The topological polar surface area (TPSA) is 80.0 Å². The van der Waals surface area contributed by atoms with E-state index in [4.69, 9.17) is 24.7 Å². The van der Waals surface area contributed by atoms with Crippen LogP contribution in [0.1, 0.15) is 22.8 Å². The molecule has 26 heavy (non-hydrogen) atoms. The van der Waals surface area contributed by atoms with Gasteiger partial charge >= 0.3 is 0 Å². The third-order valence-electron chi connectivity index (χ3n) is 4.08. The Balaban J connectivity index is 1.91. The molecule has 6 heteroatoms. The average Bonchev–Trinajstić information content (AvgIpc) is 2.66. The Morgan fingerprint density at radius 1 is 1.08 bits per heavy atom. The summed E-state index contributed by atoms with van der Waals surface area (Å²) in [4.78, 5) is 12.7. The molecule has 1 heterocycles. The lowest BCUT2D eigenvalue weighted by Gasteiger charge is -2.21. The van der Waals surface area contributed by atoms with Gasteiger partial charge in [-0.05, 0) is 54.5 Å². The van der Waals surface area contributed by atoms with Crippen LogP contribution in [0.2, 0.25) is 0 Å². The number of hydrogen-bond acceptors (Lipinski definition) is 6. The number of benzene rings is 2. The minimum absolute atomic E-state index is 0.117. The molecule has 2 aromatic carbocycles. The van der Waals surface area contributed by atoms with Gasteiger partial charge in [-0.1, -0.05) is 0 Å². The van der Waals surface area contributed by atoms with Crippen molar-refractivity contribution in [2.24, 2.45) is 0 Å². The number of nitrogens with two attached hydrogens (primary N) is 1. The SMILES string of the molecule is COc1ccc(C(=O)/C(C)=C/c2cc(OC)c3c(c2)OCCO3)cc1N. The molecule has 0 amide bonds. The fourth-order valence-corrected chi connectivity index (χ4v) is 2.80. The zero-order valence-corrected chi connectivity index (χ0v) is 15.0. The summed E-state index contributed by atoms with van der Waals surface area (Å²) in [6.07, 6.45) is 1.78. The number of allylic oxidation sites excluding steroid dienone is 1. The zero-order valence-electron chi connectivity index (χ0n) is 15.0. The van der Waals surface area contributed by atoms with Crippen molar-refractivity contribution >= 4 is 17.5 Å². The molecular weight excluding hydrogens is 334 g/mol. The molecule has 0 fully saturated rings. The number of fused-ring (bicyclic) bond motifs is 1. The van der Waals surface area contributed by atoms with E-state index in [-0.39, 0.29) is 5.78 Å². The van der Waals surface area contributed by atoms with E-state index in [0.29, 0.717) is 53.0 Å². The number of nitrogen functional groups attached to an aromatic ring is 1. The highest BCUT2D eigenvalue weighted by Crippen LogP contribution is 2.40. The fourth-order valence-electron chi connectivity index (χ4n) is 2.80. The minimum atomic E-state index is -0.117. The first-order chi connectivity index (χ1) is 12.5. The van der Waals surface area contributed by atoms with Gasteiger partial charge in [-0.25, -0.2) is 0 Å². The Bertz CT molecular complexity index is 855. The molecule has 1 aliphatic heterocycles. The van der Waals surface area contributed by atoms with Crippen molar-refractivity contribution in [2.45, 2.75) is 6.92 Å². The molecule has 0 atom stereocenters. The van der Waals surface area contributed by atoms with E-state index in [1.165, 1.54) is 7.11 Å². The molecule has 0 spiro atoms. The van der Waals surface area contributed by atoms with Gasteiger partial charge in [0.05, 0.1) is 19.9 Å². The molecule has 0 unspecified atom stereocenters. The van der Waals surface area contributed by atoms with Gasteiger partial charge in [-0.15, -0.1) is 0 Å². The number of Topliss-reactive ketones (excluding diaryl/α,β-unsaturated/α-hetero) is 1. The van der Waals surface area contributed by atoms with Crippen LogP contribution in [-0.4, -0.2) is 33.2 Å². The van der Waals surface area contributed by atoms with E-state index in [1.54, 1.807) is 38.3 Å². The lowest BCUT2D eigenvalue weighted by Crippen LogP contribution is -2.16. The Labute approximate surface area is 152 Å². The second kappa shape index (κ2) is 7.39. The van der Waals surface area contributed by atoms with Crippen LogP contribution in [0.4, 0.5) is 5.69 Å².